The Kier molecular flexibility index (Phi) is 6.20. The molecule has 0 aliphatic carbocycles. The zero-order valence-electron chi connectivity index (χ0n) is 10.8. The summed E-state index contributed by atoms with van der Waals surface area (Å²) in [6, 6.07) is 0. The molecule has 0 aromatic carbocycles. The zero-order valence-corrected chi connectivity index (χ0v) is 11.7. The van der Waals surface area contributed by atoms with Gasteiger partial charge in [0.2, 0.25) is 5.91 Å². The Hall–Kier alpha value is -1.02. The summed E-state index contributed by atoms with van der Waals surface area (Å²) >= 11 is 1.40. The molecule has 7 heteroatoms. The molecule has 1 heterocycles. The summed E-state index contributed by atoms with van der Waals surface area (Å²) in [5.41, 5.74) is 0.888. The van der Waals surface area contributed by atoms with Crippen LogP contribution in [0.4, 0.5) is 5.13 Å². The third-order valence-electron chi connectivity index (χ3n) is 2.16. The Balaban J connectivity index is 2.31. The lowest BCUT2D eigenvalue weighted by atomic mass is 10.3. The van der Waals surface area contributed by atoms with Gasteiger partial charge in [-0.1, -0.05) is 0 Å². The van der Waals surface area contributed by atoms with E-state index >= 15 is 0 Å². The summed E-state index contributed by atoms with van der Waals surface area (Å²) < 4.78 is 4.82. The average molecular weight is 273 g/mol. The molecule has 2 N–H and O–H groups in total. The van der Waals surface area contributed by atoms with Crippen molar-refractivity contribution >= 4 is 22.4 Å². The lowest BCUT2D eigenvalue weighted by molar-refractivity contribution is -0.117. The van der Waals surface area contributed by atoms with Crippen LogP contribution in [0.1, 0.15) is 5.69 Å². The minimum absolute atomic E-state index is 0.142. The number of anilines is 1. The van der Waals surface area contributed by atoms with Crippen molar-refractivity contribution in [2.45, 2.75) is 13.0 Å². The van der Waals surface area contributed by atoms with Crippen LogP contribution in [0, 0.1) is 6.92 Å². The first-order valence-electron chi connectivity index (χ1n) is 5.58. The topological polar surface area (TPSA) is 74.7 Å². The molecule has 1 unspecified atom stereocenters. The molecule has 1 rings (SSSR count). The van der Waals surface area contributed by atoms with Gasteiger partial charge in [-0.2, -0.15) is 0 Å². The first kappa shape index (κ1) is 15.0. The van der Waals surface area contributed by atoms with Crippen LogP contribution < -0.4 is 5.32 Å². The summed E-state index contributed by atoms with van der Waals surface area (Å²) in [4.78, 5) is 17.6. The highest BCUT2D eigenvalue weighted by atomic mass is 32.1. The predicted molar refractivity (Wildman–Crippen MR) is 70.9 cm³/mol. The number of ether oxygens (including phenoxy) is 1. The molecule has 0 saturated carbocycles. The van der Waals surface area contributed by atoms with Crippen LogP contribution in [0.2, 0.25) is 0 Å². The Bertz CT molecular complexity index is 383. The molecule has 0 fully saturated rings. The smallest absolute Gasteiger partial charge is 0.240 e. The van der Waals surface area contributed by atoms with E-state index in [2.05, 4.69) is 10.3 Å². The van der Waals surface area contributed by atoms with Crippen LogP contribution in [-0.4, -0.2) is 60.9 Å². The van der Waals surface area contributed by atoms with Crippen LogP contribution in [0.5, 0.6) is 0 Å². The van der Waals surface area contributed by atoms with Crippen molar-refractivity contribution in [2.75, 3.05) is 39.2 Å². The Morgan fingerprint density at radius 2 is 2.44 bits per heavy atom. The third kappa shape index (κ3) is 5.54. The second-order valence-electron chi connectivity index (χ2n) is 4.15. The van der Waals surface area contributed by atoms with Gasteiger partial charge in [-0.15, -0.1) is 11.3 Å². The number of hydrogen-bond acceptors (Lipinski definition) is 6. The Morgan fingerprint density at radius 3 is 3.00 bits per heavy atom. The number of thiazole rings is 1. The fourth-order valence-corrected chi connectivity index (χ4v) is 2.19. The van der Waals surface area contributed by atoms with E-state index in [4.69, 9.17) is 4.74 Å². The monoisotopic (exact) mass is 273 g/mol. The molecule has 0 saturated heterocycles. The van der Waals surface area contributed by atoms with Gasteiger partial charge in [-0.05, 0) is 14.0 Å². The summed E-state index contributed by atoms with van der Waals surface area (Å²) in [5.74, 6) is -0.142. The van der Waals surface area contributed by atoms with Gasteiger partial charge < -0.3 is 15.2 Å². The fourth-order valence-electron chi connectivity index (χ4n) is 1.48. The molecule has 6 nitrogen and oxygen atoms in total. The van der Waals surface area contributed by atoms with E-state index in [1.807, 2.05) is 12.3 Å². The number of nitrogens with one attached hydrogen (secondary N) is 1. The van der Waals surface area contributed by atoms with Gasteiger partial charge in [0.1, 0.15) is 0 Å². The molecular formula is C11H19N3O3S. The number of rotatable bonds is 7. The molecule has 18 heavy (non-hydrogen) atoms. The summed E-state index contributed by atoms with van der Waals surface area (Å²) in [5, 5.41) is 14.7. The minimum atomic E-state index is -0.588. The Labute approximate surface area is 111 Å². The molecule has 0 spiro atoms. The maximum Gasteiger partial charge on any atom is 0.240 e. The fraction of sp³-hybridized carbons (Fsp3) is 0.636. The van der Waals surface area contributed by atoms with Crippen LogP contribution in [0.25, 0.3) is 0 Å². The van der Waals surface area contributed by atoms with E-state index in [0.717, 1.165) is 5.69 Å². The van der Waals surface area contributed by atoms with Crippen molar-refractivity contribution in [3.8, 4) is 0 Å². The van der Waals surface area contributed by atoms with E-state index in [0.29, 0.717) is 11.7 Å². The standard InChI is InChI=1S/C11H19N3O3S/c1-8-7-18-11(12-8)13-10(16)5-14(2)4-9(15)6-17-3/h7,9,15H,4-6H2,1-3H3,(H,12,13,16). The summed E-state index contributed by atoms with van der Waals surface area (Å²) in [6.07, 6.45) is -0.588. The number of aromatic nitrogens is 1. The van der Waals surface area contributed by atoms with Crippen LogP contribution in [0.15, 0.2) is 5.38 Å². The average Bonchev–Trinajstić information content (AvgIpc) is 2.63. The number of amides is 1. The lowest BCUT2D eigenvalue weighted by Gasteiger charge is -2.19. The number of nitrogens with zero attached hydrogens (tertiary/aromatic N) is 2. The number of aryl methyl sites for hydroxylation is 1. The molecule has 102 valence electrons. The van der Waals surface area contributed by atoms with E-state index < -0.39 is 6.10 Å². The highest BCUT2D eigenvalue weighted by molar-refractivity contribution is 7.13. The van der Waals surface area contributed by atoms with E-state index in [1.54, 1.807) is 11.9 Å². The predicted octanol–water partition coefficient (Wildman–Crippen LogP) is 0.329. The second-order valence-corrected chi connectivity index (χ2v) is 5.01. The van der Waals surface area contributed by atoms with Crippen molar-refractivity contribution < 1.29 is 14.6 Å². The largest absolute Gasteiger partial charge is 0.389 e. The van der Waals surface area contributed by atoms with Crippen molar-refractivity contribution in [3.63, 3.8) is 0 Å². The number of aliphatic hydroxyl groups excluding tert-OH is 1. The summed E-state index contributed by atoms with van der Waals surface area (Å²) in [6.45, 7) is 2.73. The first-order valence-corrected chi connectivity index (χ1v) is 6.46. The molecule has 1 aromatic heterocycles. The van der Waals surface area contributed by atoms with Gasteiger partial charge in [0.05, 0.1) is 24.9 Å². The SMILES string of the molecule is COCC(O)CN(C)CC(=O)Nc1nc(C)cs1. The van der Waals surface area contributed by atoms with E-state index in [1.165, 1.54) is 18.4 Å². The second kappa shape index (κ2) is 7.42. The van der Waals surface area contributed by atoms with E-state index in [-0.39, 0.29) is 19.1 Å². The normalized spacial score (nSPS) is 12.7. The van der Waals surface area contributed by atoms with Gasteiger partial charge in [-0.3, -0.25) is 9.69 Å². The van der Waals surface area contributed by atoms with Crippen molar-refractivity contribution in [1.82, 2.24) is 9.88 Å². The lowest BCUT2D eigenvalue weighted by Crippen LogP contribution is -2.37. The molecule has 1 atom stereocenters. The molecule has 0 aliphatic rings. The van der Waals surface area contributed by atoms with Gasteiger partial charge in [0, 0.05) is 19.0 Å². The van der Waals surface area contributed by atoms with Crippen molar-refractivity contribution in [2.24, 2.45) is 0 Å². The van der Waals surface area contributed by atoms with Crippen LogP contribution in [-0.2, 0) is 9.53 Å². The third-order valence-corrected chi connectivity index (χ3v) is 3.04. The van der Waals surface area contributed by atoms with Crippen LogP contribution >= 0.6 is 11.3 Å². The van der Waals surface area contributed by atoms with E-state index in [9.17, 15) is 9.90 Å². The molecule has 0 radical (unpaired) electrons. The molecule has 1 aromatic rings. The highest BCUT2D eigenvalue weighted by Gasteiger charge is 2.12. The highest BCUT2D eigenvalue weighted by Crippen LogP contribution is 2.13. The number of aliphatic hydroxyl groups is 1. The van der Waals surface area contributed by atoms with Gasteiger partial charge in [0.25, 0.3) is 0 Å². The molecule has 1 amide bonds. The number of methoxy groups -OCH3 is 1. The maximum absolute atomic E-state index is 11.7. The molecule has 0 aliphatic heterocycles. The van der Waals surface area contributed by atoms with Crippen molar-refractivity contribution in [1.29, 1.82) is 0 Å². The van der Waals surface area contributed by atoms with Gasteiger partial charge in [-0.25, -0.2) is 4.98 Å². The molecule has 0 bridgehead atoms. The minimum Gasteiger partial charge on any atom is -0.389 e. The van der Waals surface area contributed by atoms with Gasteiger partial charge >= 0.3 is 0 Å². The first-order chi connectivity index (χ1) is 8.51. The zero-order chi connectivity index (χ0) is 13.5. The summed E-state index contributed by atoms with van der Waals surface area (Å²) in [7, 11) is 3.30. The number of hydrogen-bond donors (Lipinski definition) is 2. The number of carbonyl (C=O) groups excluding carboxylic acids is 1. The number of likely N-dealkylation sites (N-methyl/N-ethyl adjacent to an activating group) is 1. The number of carbonyl (C=O) groups is 1. The quantitative estimate of drug-likeness (QED) is 0.749. The van der Waals surface area contributed by atoms with Crippen LogP contribution in [0.3, 0.4) is 0 Å². The van der Waals surface area contributed by atoms with Gasteiger partial charge in [0.15, 0.2) is 5.13 Å². The van der Waals surface area contributed by atoms with Crippen molar-refractivity contribution in [3.05, 3.63) is 11.1 Å². The maximum atomic E-state index is 11.7. The Morgan fingerprint density at radius 1 is 1.72 bits per heavy atom. The molecular weight excluding hydrogens is 254 g/mol.